The number of thiophene rings is 1. The van der Waals surface area contributed by atoms with Gasteiger partial charge >= 0.3 is 0 Å². The molecule has 0 radical (unpaired) electrons. The first kappa shape index (κ1) is 16.1. The fraction of sp³-hybridized carbons (Fsp3) is 0.375. The van der Waals surface area contributed by atoms with E-state index in [2.05, 4.69) is 5.32 Å². The molecule has 0 fully saturated rings. The van der Waals surface area contributed by atoms with E-state index in [0.717, 1.165) is 10.4 Å². The highest BCUT2D eigenvalue weighted by Crippen LogP contribution is 2.13. The lowest BCUT2D eigenvalue weighted by Gasteiger charge is -2.17. The molecule has 3 nitrogen and oxygen atoms in total. The largest absolute Gasteiger partial charge is 0.389 e. The van der Waals surface area contributed by atoms with Crippen molar-refractivity contribution in [3.63, 3.8) is 0 Å². The Kier molecular flexibility index (Phi) is 6.32. The summed E-state index contributed by atoms with van der Waals surface area (Å²) in [7, 11) is 0. The molecular formula is C16H20FNO2S. The molecule has 0 saturated heterocycles. The number of nitrogens with one attached hydrogen (secondary N) is 1. The Morgan fingerprint density at radius 3 is 2.90 bits per heavy atom. The smallest absolute Gasteiger partial charge is 0.123 e. The van der Waals surface area contributed by atoms with E-state index in [9.17, 15) is 9.50 Å². The van der Waals surface area contributed by atoms with Gasteiger partial charge in [-0.3, -0.25) is 0 Å². The fourth-order valence-electron chi connectivity index (χ4n) is 1.96. The molecule has 0 aliphatic rings. The molecule has 0 aliphatic carbocycles. The maximum atomic E-state index is 13.1. The molecular weight excluding hydrogens is 289 g/mol. The van der Waals surface area contributed by atoms with Crippen molar-refractivity contribution >= 4 is 11.3 Å². The van der Waals surface area contributed by atoms with Crippen LogP contribution < -0.4 is 5.32 Å². The van der Waals surface area contributed by atoms with E-state index < -0.39 is 6.10 Å². The molecule has 21 heavy (non-hydrogen) atoms. The molecule has 2 atom stereocenters. The lowest BCUT2D eigenvalue weighted by Crippen LogP contribution is -2.32. The van der Waals surface area contributed by atoms with Crippen molar-refractivity contribution in [2.24, 2.45) is 0 Å². The van der Waals surface area contributed by atoms with Crippen LogP contribution in [0.4, 0.5) is 4.39 Å². The van der Waals surface area contributed by atoms with Gasteiger partial charge in [0.15, 0.2) is 0 Å². The topological polar surface area (TPSA) is 41.5 Å². The lowest BCUT2D eigenvalue weighted by atomic mass is 10.1. The van der Waals surface area contributed by atoms with Crippen LogP contribution in [0.25, 0.3) is 0 Å². The van der Waals surface area contributed by atoms with Gasteiger partial charge in [0.1, 0.15) is 5.82 Å². The first-order valence-electron chi connectivity index (χ1n) is 6.92. The molecule has 1 heterocycles. The number of halogens is 1. The second-order valence-corrected chi connectivity index (χ2v) is 5.97. The highest BCUT2D eigenvalue weighted by atomic mass is 32.1. The van der Waals surface area contributed by atoms with Crippen LogP contribution in [0.5, 0.6) is 0 Å². The second-order valence-electron chi connectivity index (χ2n) is 4.93. The molecule has 0 amide bonds. The van der Waals surface area contributed by atoms with Crippen molar-refractivity contribution in [3.8, 4) is 0 Å². The zero-order valence-electron chi connectivity index (χ0n) is 12.0. The summed E-state index contributed by atoms with van der Waals surface area (Å²) in [5.41, 5.74) is 0.863. The van der Waals surface area contributed by atoms with Crippen LogP contribution in [-0.4, -0.2) is 24.4 Å². The van der Waals surface area contributed by atoms with Crippen molar-refractivity contribution in [2.45, 2.75) is 25.7 Å². The average molecular weight is 309 g/mol. The summed E-state index contributed by atoms with van der Waals surface area (Å²) in [5, 5.41) is 15.0. The maximum Gasteiger partial charge on any atom is 0.123 e. The number of rotatable bonds is 8. The summed E-state index contributed by atoms with van der Waals surface area (Å²) in [6, 6.07) is 10.4. The van der Waals surface area contributed by atoms with E-state index in [1.165, 1.54) is 12.1 Å². The third-order valence-electron chi connectivity index (χ3n) is 3.14. The summed E-state index contributed by atoms with van der Waals surface area (Å²) >= 11 is 1.63. The number of aliphatic hydroxyl groups excluding tert-OH is 1. The molecule has 0 aliphatic heterocycles. The number of hydrogen-bond donors (Lipinski definition) is 2. The van der Waals surface area contributed by atoms with Gasteiger partial charge in [-0.15, -0.1) is 11.3 Å². The molecule has 0 spiro atoms. The van der Waals surface area contributed by atoms with E-state index in [-0.39, 0.29) is 18.5 Å². The Hall–Kier alpha value is -1.27. The Balaban J connectivity index is 1.67. The molecule has 2 aromatic rings. The minimum absolute atomic E-state index is 0.0207. The van der Waals surface area contributed by atoms with Crippen molar-refractivity contribution in [2.75, 3.05) is 13.2 Å². The van der Waals surface area contributed by atoms with E-state index in [0.29, 0.717) is 13.2 Å². The Morgan fingerprint density at radius 1 is 1.33 bits per heavy atom. The summed E-state index contributed by atoms with van der Waals surface area (Å²) in [4.78, 5) is 1.14. The highest BCUT2D eigenvalue weighted by Gasteiger charge is 2.09. The van der Waals surface area contributed by atoms with E-state index in [4.69, 9.17) is 4.74 Å². The third-order valence-corrected chi connectivity index (χ3v) is 3.99. The monoisotopic (exact) mass is 309 g/mol. The van der Waals surface area contributed by atoms with Gasteiger partial charge in [0.05, 0.1) is 19.3 Å². The SMILES string of the molecule is C[C@@H](NCC(O)COCc1cccs1)c1cccc(F)c1. The molecule has 5 heteroatoms. The van der Waals surface area contributed by atoms with Crippen molar-refractivity contribution in [1.82, 2.24) is 5.32 Å². The van der Waals surface area contributed by atoms with Crippen molar-refractivity contribution in [1.29, 1.82) is 0 Å². The quantitative estimate of drug-likeness (QED) is 0.787. The summed E-state index contributed by atoms with van der Waals surface area (Å²) in [6.45, 7) is 3.14. The minimum Gasteiger partial charge on any atom is -0.389 e. The number of benzene rings is 1. The first-order valence-corrected chi connectivity index (χ1v) is 7.80. The molecule has 0 bridgehead atoms. The van der Waals surface area contributed by atoms with Gasteiger partial charge in [0.25, 0.3) is 0 Å². The van der Waals surface area contributed by atoms with Gasteiger partial charge in [-0.1, -0.05) is 18.2 Å². The number of ether oxygens (including phenoxy) is 1. The van der Waals surface area contributed by atoms with Crippen LogP contribution in [0.2, 0.25) is 0 Å². The summed E-state index contributed by atoms with van der Waals surface area (Å²) < 4.78 is 18.6. The molecule has 1 aromatic carbocycles. The van der Waals surface area contributed by atoms with Crippen molar-refractivity contribution in [3.05, 3.63) is 58.0 Å². The van der Waals surface area contributed by atoms with Gasteiger partial charge in [-0.05, 0) is 36.1 Å². The number of hydrogen-bond acceptors (Lipinski definition) is 4. The maximum absolute atomic E-state index is 13.1. The zero-order chi connectivity index (χ0) is 15.1. The van der Waals surface area contributed by atoms with Crippen LogP contribution >= 0.6 is 11.3 Å². The molecule has 2 N–H and O–H groups in total. The third kappa shape index (κ3) is 5.55. The van der Waals surface area contributed by atoms with Crippen LogP contribution in [0.3, 0.4) is 0 Å². The molecule has 1 aromatic heterocycles. The normalized spacial score (nSPS) is 14.0. The van der Waals surface area contributed by atoms with Gasteiger partial charge in [-0.25, -0.2) is 4.39 Å². The lowest BCUT2D eigenvalue weighted by molar-refractivity contribution is 0.0288. The summed E-state index contributed by atoms with van der Waals surface area (Å²) in [5.74, 6) is -0.249. The number of aliphatic hydroxyl groups is 1. The van der Waals surface area contributed by atoms with Gasteiger partial charge in [0.2, 0.25) is 0 Å². The molecule has 114 valence electrons. The predicted molar refractivity (Wildman–Crippen MR) is 82.8 cm³/mol. The molecule has 0 saturated carbocycles. The van der Waals surface area contributed by atoms with Gasteiger partial charge in [-0.2, -0.15) is 0 Å². The van der Waals surface area contributed by atoms with Gasteiger partial charge in [0, 0.05) is 17.5 Å². The standard InChI is InChI=1S/C16H20FNO2S/c1-12(13-4-2-5-14(17)8-13)18-9-15(19)10-20-11-16-6-3-7-21-16/h2-8,12,15,18-19H,9-11H2,1H3/t12-,15?/m1/s1. The van der Waals surface area contributed by atoms with Crippen molar-refractivity contribution < 1.29 is 14.2 Å². The van der Waals surface area contributed by atoms with Gasteiger partial charge < -0.3 is 15.2 Å². The average Bonchev–Trinajstić information content (AvgIpc) is 2.98. The highest BCUT2D eigenvalue weighted by molar-refractivity contribution is 7.09. The second kappa shape index (κ2) is 8.24. The van der Waals surface area contributed by atoms with E-state index in [1.54, 1.807) is 17.4 Å². The Bertz CT molecular complexity index is 533. The zero-order valence-corrected chi connectivity index (χ0v) is 12.8. The summed E-state index contributed by atoms with van der Waals surface area (Å²) in [6.07, 6.45) is -0.582. The van der Waals surface area contributed by atoms with E-state index in [1.807, 2.05) is 30.5 Å². The fourth-order valence-corrected chi connectivity index (χ4v) is 2.60. The predicted octanol–water partition coefficient (Wildman–Crippen LogP) is 3.12. The van der Waals surface area contributed by atoms with Crippen LogP contribution in [0.1, 0.15) is 23.4 Å². The molecule has 2 rings (SSSR count). The minimum atomic E-state index is -0.582. The van der Waals surface area contributed by atoms with Crippen LogP contribution in [0.15, 0.2) is 41.8 Å². The van der Waals surface area contributed by atoms with Crippen LogP contribution in [-0.2, 0) is 11.3 Å². The van der Waals surface area contributed by atoms with E-state index >= 15 is 0 Å². The Labute approximate surface area is 128 Å². The first-order chi connectivity index (χ1) is 10.1. The Morgan fingerprint density at radius 2 is 2.19 bits per heavy atom. The molecule has 1 unspecified atom stereocenters. The van der Waals surface area contributed by atoms with Crippen LogP contribution in [0, 0.1) is 5.82 Å².